The maximum atomic E-state index is 12.2. The summed E-state index contributed by atoms with van der Waals surface area (Å²) in [5.74, 6) is 0.514. The molecule has 0 spiro atoms. The lowest BCUT2D eigenvalue weighted by Crippen LogP contribution is -2.04. The highest BCUT2D eigenvalue weighted by molar-refractivity contribution is 7.27. The first-order valence-electron chi connectivity index (χ1n) is 7.24. The second kappa shape index (κ2) is 6.01. The number of carbonyl (C=O) groups is 1. The first-order chi connectivity index (χ1) is 11.0. The molecule has 1 atom stereocenters. The molecule has 3 aromatic rings. The molecule has 0 saturated carbocycles. The number of aromatic nitrogens is 4. The van der Waals surface area contributed by atoms with Crippen LogP contribution in [0.2, 0.25) is 0 Å². The van der Waals surface area contributed by atoms with Gasteiger partial charge in [0.15, 0.2) is 5.78 Å². The molecule has 0 aliphatic rings. The predicted molar refractivity (Wildman–Crippen MR) is 93.9 cm³/mol. The van der Waals surface area contributed by atoms with Crippen molar-refractivity contribution in [3.8, 4) is 22.5 Å². The van der Waals surface area contributed by atoms with Gasteiger partial charge in [0.1, 0.15) is 0 Å². The van der Waals surface area contributed by atoms with Gasteiger partial charge >= 0.3 is 0 Å². The first-order valence-corrected chi connectivity index (χ1v) is 7.81. The summed E-state index contributed by atoms with van der Waals surface area (Å²) >= 11 is 0. The average molecular weight is 324 g/mol. The van der Waals surface area contributed by atoms with E-state index in [4.69, 9.17) is 0 Å². The number of carbonyl (C=O) groups excluding carboxylic acids is 1. The van der Waals surface area contributed by atoms with Crippen molar-refractivity contribution in [2.45, 2.75) is 20.8 Å². The van der Waals surface area contributed by atoms with Crippen LogP contribution >= 0.6 is 9.24 Å². The molecular weight excluding hydrogens is 307 g/mol. The van der Waals surface area contributed by atoms with Gasteiger partial charge in [-0.25, -0.2) is 0 Å². The van der Waals surface area contributed by atoms with Crippen molar-refractivity contribution in [1.29, 1.82) is 0 Å². The lowest BCUT2D eigenvalue weighted by atomic mass is 9.87. The predicted octanol–water partition coefficient (Wildman–Crippen LogP) is 2.85. The van der Waals surface area contributed by atoms with E-state index in [0.29, 0.717) is 11.4 Å². The summed E-state index contributed by atoms with van der Waals surface area (Å²) in [5.41, 5.74) is 5.40. The summed E-state index contributed by atoms with van der Waals surface area (Å²) < 4.78 is 0. The Kier molecular flexibility index (Phi) is 4.05. The molecule has 0 amide bonds. The second-order valence-corrected chi connectivity index (χ2v) is 6.20. The summed E-state index contributed by atoms with van der Waals surface area (Å²) in [6.07, 6.45) is 0. The summed E-state index contributed by atoms with van der Waals surface area (Å²) in [4.78, 5) is 12.2. The van der Waals surface area contributed by atoms with Crippen LogP contribution in [0.5, 0.6) is 0 Å². The normalized spacial score (nSPS) is 10.8. The van der Waals surface area contributed by atoms with Crippen LogP contribution in [0.25, 0.3) is 22.5 Å². The highest BCUT2D eigenvalue weighted by atomic mass is 31.0. The number of nitrogens with one attached hydrogen (secondary N) is 1. The molecule has 23 heavy (non-hydrogen) atoms. The topological polar surface area (TPSA) is 71.5 Å². The smallest absolute Gasteiger partial charge is 0.205 e. The Morgan fingerprint density at radius 3 is 2.57 bits per heavy atom. The van der Waals surface area contributed by atoms with E-state index in [0.717, 1.165) is 33.1 Å². The Hall–Kier alpha value is -2.39. The number of hydrogen-bond donors (Lipinski definition) is 1. The van der Waals surface area contributed by atoms with Crippen molar-refractivity contribution in [3.05, 3.63) is 47.0 Å². The molecule has 1 N–H and O–H groups in total. The highest BCUT2D eigenvalue weighted by Crippen LogP contribution is 2.37. The molecule has 1 heterocycles. The van der Waals surface area contributed by atoms with Gasteiger partial charge in [0, 0.05) is 16.7 Å². The van der Waals surface area contributed by atoms with Gasteiger partial charge in [0.05, 0.1) is 0 Å². The molecule has 2 aromatic carbocycles. The number of H-pyrrole nitrogens is 1. The van der Waals surface area contributed by atoms with Crippen LogP contribution < -0.4 is 5.30 Å². The number of Topliss-reactive ketones (excluding diaryl/α,β-unsaturated/α-hetero) is 1. The van der Waals surface area contributed by atoms with Crippen molar-refractivity contribution >= 4 is 20.3 Å². The van der Waals surface area contributed by atoms with Gasteiger partial charge in [-0.15, -0.1) is 19.4 Å². The van der Waals surface area contributed by atoms with Crippen LogP contribution in [-0.4, -0.2) is 26.4 Å². The molecule has 0 radical (unpaired) electrons. The molecule has 5 nitrogen and oxygen atoms in total. The van der Waals surface area contributed by atoms with E-state index >= 15 is 0 Å². The van der Waals surface area contributed by atoms with Crippen LogP contribution in [0.3, 0.4) is 0 Å². The maximum absolute atomic E-state index is 12.2. The molecule has 0 aliphatic carbocycles. The Morgan fingerprint density at radius 2 is 1.96 bits per heavy atom. The highest BCUT2D eigenvalue weighted by Gasteiger charge is 2.21. The number of aromatic amines is 1. The Labute approximate surface area is 136 Å². The maximum Gasteiger partial charge on any atom is 0.205 e. The number of rotatable bonds is 3. The molecule has 0 bridgehead atoms. The molecular formula is C17H17N4OP. The van der Waals surface area contributed by atoms with Crippen molar-refractivity contribution < 1.29 is 4.79 Å². The summed E-state index contributed by atoms with van der Waals surface area (Å²) in [6.45, 7) is 5.58. The van der Waals surface area contributed by atoms with E-state index in [1.54, 1.807) is 6.92 Å². The lowest BCUT2D eigenvalue weighted by Gasteiger charge is -2.17. The molecule has 0 fully saturated rings. The van der Waals surface area contributed by atoms with Gasteiger partial charge in [-0.3, -0.25) is 4.79 Å². The molecule has 1 unspecified atom stereocenters. The van der Waals surface area contributed by atoms with Crippen molar-refractivity contribution in [1.82, 2.24) is 20.6 Å². The van der Waals surface area contributed by atoms with E-state index in [1.165, 1.54) is 0 Å². The average Bonchev–Trinajstić information content (AvgIpc) is 3.03. The quantitative estimate of drug-likeness (QED) is 0.594. The van der Waals surface area contributed by atoms with E-state index < -0.39 is 0 Å². The summed E-state index contributed by atoms with van der Waals surface area (Å²) in [7, 11) is 2.68. The van der Waals surface area contributed by atoms with Crippen molar-refractivity contribution in [2.24, 2.45) is 0 Å². The SMILES string of the molecule is CC(=O)c1cc(C)c(C)c(-c2nn[nH]n2)c1-c1cccc(P)c1. The van der Waals surface area contributed by atoms with Gasteiger partial charge in [0.2, 0.25) is 5.82 Å². The van der Waals surface area contributed by atoms with Crippen molar-refractivity contribution in [2.75, 3.05) is 0 Å². The zero-order chi connectivity index (χ0) is 16.6. The number of aryl methyl sites for hydroxylation is 1. The van der Waals surface area contributed by atoms with Crippen molar-refractivity contribution in [3.63, 3.8) is 0 Å². The first kappa shape index (κ1) is 15.5. The van der Waals surface area contributed by atoms with E-state index in [1.807, 2.05) is 44.2 Å². The Bertz CT molecular complexity index is 888. The van der Waals surface area contributed by atoms with Gasteiger partial charge in [-0.2, -0.15) is 5.21 Å². The van der Waals surface area contributed by atoms with Gasteiger partial charge in [-0.05, 0) is 60.1 Å². The third kappa shape index (κ3) is 2.80. The fourth-order valence-corrected chi connectivity index (χ4v) is 3.03. The second-order valence-electron chi connectivity index (χ2n) is 5.53. The van der Waals surface area contributed by atoms with E-state index in [9.17, 15) is 4.79 Å². The summed E-state index contributed by atoms with van der Waals surface area (Å²) in [6, 6.07) is 9.93. The number of hydrogen-bond acceptors (Lipinski definition) is 4. The Morgan fingerprint density at radius 1 is 1.17 bits per heavy atom. The molecule has 6 heteroatoms. The zero-order valence-corrected chi connectivity index (χ0v) is 14.4. The molecule has 116 valence electrons. The minimum absolute atomic E-state index is 0.0157. The standard InChI is InChI=1S/C17H17N4OP/c1-9-7-14(11(3)22)16(12-5-4-6-13(23)8-12)15(10(9)2)17-18-20-21-19-17/h4-8H,23H2,1-3H3,(H,18,19,20,21). The third-order valence-corrected chi connectivity index (χ3v) is 4.33. The van der Waals surface area contributed by atoms with Gasteiger partial charge < -0.3 is 0 Å². The minimum atomic E-state index is 0.0157. The summed E-state index contributed by atoms with van der Waals surface area (Å²) in [5, 5.41) is 15.5. The lowest BCUT2D eigenvalue weighted by molar-refractivity contribution is 0.101. The molecule has 0 saturated heterocycles. The van der Waals surface area contributed by atoms with Gasteiger partial charge in [0.25, 0.3) is 0 Å². The fourth-order valence-electron chi connectivity index (χ4n) is 2.74. The Balaban J connectivity index is 2.44. The number of nitrogens with zero attached hydrogens (tertiary/aromatic N) is 3. The molecule has 3 rings (SSSR count). The largest absolute Gasteiger partial charge is 0.294 e. The van der Waals surface area contributed by atoms with E-state index in [-0.39, 0.29) is 5.78 Å². The monoisotopic (exact) mass is 324 g/mol. The third-order valence-electron chi connectivity index (χ3n) is 3.97. The van der Waals surface area contributed by atoms with Crippen LogP contribution in [0.1, 0.15) is 28.4 Å². The van der Waals surface area contributed by atoms with E-state index in [2.05, 4.69) is 29.9 Å². The zero-order valence-electron chi connectivity index (χ0n) is 13.2. The molecule has 1 aromatic heterocycles. The number of ketones is 1. The van der Waals surface area contributed by atoms with Crippen LogP contribution in [-0.2, 0) is 0 Å². The minimum Gasteiger partial charge on any atom is -0.294 e. The van der Waals surface area contributed by atoms with Gasteiger partial charge in [-0.1, -0.05) is 18.2 Å². The van der Waals surface area contributed by atoms with Crippen LogP contribution in [0, 0.1) is 13.8 Å². The molecule has 0 aliphatic heterocycles. The fraction of sp³-hybridized carbons (Fsp3) is 0.176. The van der Waals surface area contributed by atoms with Crippen LogP contribution in [0.4, 0.5) is 0 Å². The van der Waals surface area contributed by atoms with Crippen LogP contribution in [0.15, 0.2) is 30.3 Å². The number of tetrazole rings is 1. The number of benzene rings is 2.